The van der Waals surface area contributed by atoms with Crippen LogP contribution in [0.15, 0.2) is 30.3 Å². The number of benzene rings is 1. The van der Waals surface area contributed by atoms with Crippen LogP contribution in [-0.2, 0) is 16.0 Å². The van der Waals surface area contributed by atoms with Gasteiger partial charge in [-0.2, -0.15) is 11.8 Å². The van der Waals surface area contributed by atoms with Crippen molar-refractivity contribution < 1.29 is 19.8 Å². The third-order valence-corrected chi connectivity index (χ3v) is 4.23. The van der Waals surface area contributed by atoms with Crippen LogP contribution in [0.3, 0.4) is 0 Å². The van der Waals surface area contributed by atoms with Gasteiger partial charge in [0.1, 0.15) is 11.3 Å². The minimum atomic E-state index is -0.901. The molecule has 0 aromatic heterocycles. The van der Waals surface area contributed by atoms with Crippen molar-refractivity contribution in [2.24, 2.45) is 0 Å². The number of nitrogens with one attached hydrogen (secondary N) is 1. The standard InChI is InChI=1S/C15H21NO4S/c1-21-13(15(19)20)9-10-16-12(14(17)18)8-7-11-5-3-2-4-6-11/h2-6,12-13,16H,7-10H2,1H3,(H,17,18)(H,19,20). The van der Waals surface area contributed by atoms with Gasteiger partial charge in [0.2, 0.25) is 0 Å². The van der Waals surface area contributed by atoms with Crippen LogP contribution in [0.4, 0.5) is 0 Å². The monoisotopic (exact) mass is 311 g/mol. The largest absolute Gasteiger partial charge is 0.480 e. The van der Waals surface area contributed by atoms with E-state index in [2.05, 4.69) is 5.32 Å². The molecule has 6 heteroatoms. The molecule has 0 amide bonds. The van der Waals surface area contributed by atoms with Gasteiger partial charge in [-0.15, -0.1) is 0 Å². The molecule has 1 aromatic rings. The fraction of sp³-hybridized carbons (Fsp3) is 0.467. The van der Waals surface area contributed by atoms with Crippen LogP contribution in [0.5, 0.6) is 0 Å². The first-order valence-corrected chi connectivity index (χ1v) is 8.09. The van der Waals surface area contributed by atoms with Gasteiger partial charge >= 0.3 is 11.9 Å². The minimum Gasteiger partial charge on any atom is -0.480 e. The molecule has 0 saturated carbocycles. The topological polar surface area (TPSA) is 86.6 Å². The van der Waals surface area contributed by atoms with Crippen molar-refractivity contribution in [3.05, 3.63) is 35.9 Å². The predicted molar refractivity (Wildman–Crippen MR) is 83.7 cm³/mol. The molecule has 0 bridgehead atoms. The summed E-state index contributed by atoms with van der Waals surface area (Å²) in [6, 6.07) is 9.05. The highest BCUT2D eigenvalue weighted by atomic mass is 32.2. The molecule has 2 atom stereocenters. The second kappa shape index (κ2) is 9.41. The van der Waals surface area contributed by atoms with Gasteiger partial charge in [-0.1, -0.05) is 30.3 Å². The average Bonchev–Trinajstić information content (AvgIpc) is 2.46. The summed E-state index contributed by atoms with van der Waals surface area (Å²) in [4.78, 5) is 22.1. The maximum atomic E-state index is 11.2. The quantitative estimate of drug-likeness (QED) is 0.611. The fourth-order valence-corrected chi connectivity index (χ4v) is 2.55. The Morgan fingerprint density at radius 2 is 1.81 bits per heavy atom. The fourth-order valence-electron chi connectivity index (χ4n) is 2.00. The summed E-state index contributed by atoms with van der Waals surface area (Å²) in [6.45, 7) is 0.379. The van der Waals surface area contributed by atoms with Crippen LogP contribution in [0.2, 0.25) is 0 Å². The number of hydrogen-bond acceptors (Lipinski definition) is 4. The second-order valence-electron chi connectivity index (χ2n) is 4.72. The Labute approximate surface area is 128 Å². The second-order valence-corrected chi connectivity index (χ2v) is 5.76. The van der Waals surface area contributed by atoms with Gasteiger partial charge < -0.3 is 15.5 Å². The van der Waals surface area contributed by atoms with Gasteiger partial charge in [0.25, 0.3) is 0 Å². The first-order valence-electron chi connectivity index (χ1n) is 6.80. The SMILES string of the molecule is CSC(CCNC(CCc1ccccc1)C(=O)O)C(=O)O. The molecule has 1 rings (SSSR count). The highest BCUT2D eigenvalue weighted by molar-refractivity contribution is 7.99. The number of carbonyl (C=O) groups is 2. The summed E-state index contributed by atoms with van der Waals surface area (Å²) in [7, 11) is 0. The van der Waals surface area contributed by atoms with E-state index in [1.807, 2.05) is 30.3 Å². The molecule has 3 N–H and O–H groups in total. The Morgan fingerprint density at radius 3 is 2.33 bits per heavy atom. The molecule has 2 unspecified atom stereocenters. The van der Waals surface area contributed by atoms with Crippen LogP contribution in [0, 0.1) is 0 Å². The third kappa shape index (κ3) is 6.64. The minimum absolute atomic E-state index is 0.379. The molecule has 0 heterocycles. The zero-order valence-corrected chi connectivity index (χ0v) is 12.8. The molecule has 1 aromatic carbocycles. The normalized spacial score (nSPS) is 13.6. The number of aryl methyl sites for hydroxylation is 1. The molecular weight excluding hydrogens is 290 g/mol. The number of hydrogen-bond donors (Lipinski definition) is 3. The van der Waals surface area contributed by atoms with Gasteiger partial charge in [0, 0.05) is 0 Å². The van der Waals surface area contributed by atoms with E-state index in [1.54, 1.807) is 6.26 Å². The molecule has 5 nitrogen and oxygen atoms in total. The highest BCUT2D eigenvalue weighted by Gasteiger charge is 2.19. The van der Waals surface area contributed by atoms with Crippen LogP contribution in [0.1, 0.15) is 18.4 Å². The third-order valence-electron chi connectivity index (χ3n) is 3.22. The van der Waals surface area contributed by atoms with Crippen LogP contribution >= 0.6 is 11.8 Å². The van der Waals surface area contributed by atoms with Crippen molar-refractivity contribution in [2.45, 2.75) is 30.6 Å². The van der Waals surface area contributed by atoms with E-state index in [4.69, 9.17) is 5.11 Å². The van der Waals surface area contributed by atoms with Crippen molar-refractivity contribution in [1.82, 2.24) is 5.32 Å². The van der Waals surface area contributed by atoms with E-state index in [0.29, 0.717) is 25.8 Å². The van der Waals surface area contributed by atoms with E-state index >= 15 is 0 Å². The molecule has 0 radical (unpaired) electrons. The number of thioether (sulfide) groups is 1. The van der Waals surface area contributed by atoms with Gasteiger partial charge in [0.05, 0.1) is 0 Å². The molecular formula is C15H21NO4S. The smallest absolute Gasteiger partial charge is 0.320 e. The molecule has 21 heavy (non-hydrogen) atoms. The van der Waals surface area contributed by atoms with Gasteiger partial charge in [-0.3, -0.25) is 9.59 Å². The summed E-state index contributed by atoms with van der Waals surface area (Å²) in [6.07, 6.45) is 3.31. The van der Waals surface area contributed by atoms with Crippen LogP contribution in [0.25, 0.3) is 0 Å². The summed E-state index contributed by atoms with van der Waals surface area (Å²) >= 11 is 1.26. The maximum absolute atomic E-state index is 11.2. The van der Waals surface area contributed by atoms with E-state index in [0.717, 1.165) is 5.56 Å². The van der Waals surface area contributed by atoms with Crippen molar-refractivity contribution in [1.29, 1.82) is 0 Å². The molecule has 0 aliphatic rings. The average molecular weight is 311 g/mol. The summed E-state index contributed by atoms with van der Waals surface area (Å²) in [5.74, 6) is -1.76. The zero-order chi connectivity index (χ0) is 15.7. The number of carboxylic acids is 2. The lowest BCUT2D eigenvalue weighted by atomic mass is 10.1. The Bertz CT molecular complexity index is 452. The molecule has 0 fully saturated rings. The van der Waals surface area contributed by atoms with Crippen LogP contribution < -0.4 is 5.32 Å². The Morgan fingerprint density at radius 1 is 1.14 bits per heavy atom. The molecule has 0 saturated heterocycles. The van der Waals surface area contributed by atoms with E-state index in [-0.39, 0.29) is 0 Å². The van der Waals surface area contributed by atoms with Crippen molar-refractivity contribution in [3.8, 4) is 0 Å². The van der Waals surface area contributed by atoms with Crippen molar-refractivity contribution in [2.75, 3.05) is 12.8 Å². The van der Waals surface area contributed by atoms with E-state index < -0.39 is 23.2 Å². The lowest BCUT2D eigenvalue weighted by molar-refractivity contribution is -0.139. The van der Waals surface area contributed by atoms with Crippen LogP contribution in [-0.4, -0.2) is 46.2 Å². The lowest BCUT2D eigenvalue weighted by Gasteiger charge is -2.16. The Hall–Kier alpha value is -1.53. The number of rotatable bonds is 10. The molecule has 0 aliphatic carbocycles. The first kappa shape index (κ1) is 17.5. The van der Waals surface area contributed by atoms with Crippen molar-refractivity contribution >= 4 is 23.7 Å². The zero-order valence-electron chi connectivity index (χ0n) is 12.0. The lowest BCUT2D eigenvalue weighted by Crippen LogP contribution is -2.39. The maximum Gasteiger partial charge on any atom is 0.320 e. The predicted octanol–water partition coefficient (Wildman–Crippen LogP) is 1.87. The van der Waals surface area contributed by atoms with E-state index in [1.165, 1.54) is 11.8 Å². The first-order chi connectivity index (χ1) is 10.0. The molecule has 0 aliphatic heterocycles. The number of aliphatic carboxylic acids is 2. The number of carboxylic acid groups (broad SMARTS) is 2. The van der Waals surface area contributed by atoms with Gasteiger partial charge in [0.15, 0.2) is 0 Å². The van der Waals surface area contributed by atoms with E-state index in [9.17, 15) is 14.7 Å². The molecule has 116 valence electrons. The summed E-state index contributed by atoms with van der Waals surface area (Å²) in [5.41, 5.74) is 1.10. The highest BCUT2D eigenvalue weighted by Crippen LogP contribution is 2.11. The Balaban J connectivity index is 2.40. The van der Waals surface area contributed by atoms with Crippen molar-refractivity contribution in [3.63, 3.8) is 0 Å². The Kier molecular flexibility index (Phi) is 7.85. The summed E-state index contributed by atoms with van der Waals surface area (Å²) in [5, 5.41) is 20.6. The van der Waals surface area contributed by atoms with Gasteiger partial charge in [-0.25, -0.2) is 0 Å². The molecule has 0 spiro atoms. The van der Waals surface area contributed by atoms with Gasteiger partial charge in [-0.05, 0) is 37.6 Å². The summed E-state index contributed by atoms with van der Waals surface area (Å²) < 4.78 is 0.